The van der Waals surface area contributed by atoms with Gasteiger partial charge in [-0.2, -0.15) is 0 Å². The first-order valence-electron chi connectivity index (χ1n) is 8.85. The minimum Gasteiger partial charge on any atom is -0.316 e. The molecule has 1 saturated heterocycles. The van der Waals surface area contributed by atoms with Gasteiger partial charge in [-0.25, -0.2) is 0 Å². The van der Waals surface area contributed by atoms with Gasteiger partial charge in [-0.15, -0.1) is 0 Å². The van der Waals surface area contributed by atoms with E-state index in [1.54, 1.807) is 0 Å². The fraction of sp³-hybridized carbons (Fsp3) is 0.632. The van der Waals surface area contributed by atoms with E-state index in [0.29, 0.717) is 12.3 Å². The van der Waals surface area contributed by atoms with Crippen molar-refractivity contribution in [3.05, 3.63) is 34.9 Å². The summed E-state index contributed by atoms with van der Waals surface area (Å²) in [6, 6.07) is 7.15. The van der Waals surface area contributed by atoms with Crippen molar-refractivity contribution < 1.29 is 4.79 Å². The van der Waals surface area contributed by atoms with Gasteiger partial charge >= 0.3 is 0 Å². The number of benzene rings is 1. The molecule has 3 nitrogen and oxygen atoms in total. The molecule has 0 spiro atoms. The number of fused-ring (bicyclic) bond motifs is 1. The highest BCUT2D eigenvalue weighted by molar-refractivity contribution is 5.49. The van der Waals surface area contributed by atoms with Gasteiger partial charge in [-0.1, -0.05) is 18.2 Å². The summed E-state index contributed by atoms with van der Waals surface area (Å²) in [5, 5.41) is 7.09. The van der Waals surface area contributed by atoms with E-state index in [2.05, 4.69) is 28.8 Å². The fourth-order valence-electron chi connectivity index (χ4n) is 4.02. The normalized spacial score (nSPS) is 25.3. The van der Waals surface area contributed by atoms with Crippen molar-refractivity contribution in [3.63, 3.8) is 0 Å². The number of rotatable bonds is 5. The highest BCUT2D eigenvalue weighted by atomic mass is 16.1. The zero-order valence-electron chi connectivity index (χ0n) is 13.4. The van der Waals surface area contributed by atoms with Gasteiger partial charge in [0.05, 0.1) is 0 Å². The molecule has 3 heteroatoms. The van der Waals surface area contributed by atoms with E-state index in [9.17, 15) is 4.79 Å². The number of nitrogens with one attached hydrogen (secondary N) is 2. The molecule has 1 aromatic carbocycles. The Morgan fingerprint density at radius 2 is 2.14 bits per heavy atom. The molecular formula is C19H28N2O. The zero-order valence-corrected chi connectivity index (χ0v) is 13.4. The second-order valence-electron chi connectivity index (χ2n) is 6.77. The molecule has 0 saturated carbocycles. The molecule has 2 aliphatic heterocycles. The third-order valence-corrected chi connectivity index (χ3v) is 5.30. The fourth-order valence-corrected chi connectivity index (χ4v) is 4.02. The smallest absolute Gasteiger partial charge is 0.119 e. The van der Waals surface area contributed by atoms with Gasteiger partial charge in [0.2, 0.25) is 0 Å². The summed E-state index contributed by atoms with van der Waals surface area (Å²) in [6.45, 7) is 4.34. The molecule has 0 bridgehead atoms. The number of aldehydes is 1. The summed E-state index contributed by atoms with van der Waals surface area (Å²) in [7, 11) is 0. The summed E-state index contributed by atoms with van der Waals surface area (Å²) in [5.74, 6) is 1.33. The molecule has 1 aromatic rings. The number of hydrogen-bond donors (Lipinski definition) is 2. The van der Waals surface area contributed by atoms with Crippen LogP contribution < -0.4 is 10.6 Å². The Morgan fingerprint density at radius 3 is 3.05 bits per heavy atom. The third kappa shape index (κ3) is 3.76. The van der Waals surface area contributed by atoms with Crippen LogP contribution in [0, 0.1) is 5.92 Å². The minimum atomic E-state index is 0.606. The Labute approximate surface area is 133 Å². The van der Waals surface area contributed by atoms with E-state index < -0.39 is 0 Å². The summed E-state index contributed by atoms with van der Waals surface area (Å²) in [6.07, 6.45) is 7.67. The standard InChI is InChI=1S/C19H28N2O/c22-11-2-1-4-16-8-10-21-14-19(16)17-7-6-15-5-3-9-20-13-18(15)12-17/h6-7,11-12,16,19-21H,1-5,8-10,13-14H2. The van der Waals surface area contributed by atoms with Crippen molar-refractivity contribution in [2.75, 3.05) is 19.6 Å². The van der Waals surface area contributed by atoms with Crippen LogP contribution in [0.4, 0.5) is 0 Å². The molecule has 2 N–H and O–H groups in total. The largest absolute Gasteiger partial charge is 0.316 e. The van der Waals surface area contributed by atoms with Crippen LogP contribution in [-0.2, 0) is 17.8 Å². The Kier molecular flexibility index (Phi) is 5.63. The second-order valence-corrected chi connectivity index (χ2v) is 6.77. The van der Waals surface area contributed by atoms with Gasteiger partial charge < -0.3 is 15.4 Å². The zero-order chi connectivity index (χ0) is 15.2. The predicted molar refractivity (Wildman–Crippen MR) is 90.1 cm³/mol. The summed E-state index contributed by atoms with van der Waals surface area (Å²) in [4.78, 5) is 10.6. The number of carbonyl (C=O) groups excluding carboxylic acids is 1. The monoisotopic (exact) mass is 300 g/mol. The lowest BCUT2D eigenvalue weighted by Gasteiger charge is -2.33. The molecular weight excluding hydrogens is 272 g/mol. The van der Waals surface area contributed by atoms with Crippen molar-refractivity contribution in [2.24, 2.45) is 5.92 Å². The average molecular weight is 300 g/mol. The van der Waals surface area contributed by atoms with E-state index in [0.717, 1.165) is 44.8 Å². The summed E-state index contributed by atoms with van der Waals surface area (Å²) >= 11 is 0. The number of aryl methyl sites for hydroxylation is 1. The average Bonchev–Trinajstić information content (AvgIpc) is 2.80. The number of hydrogen-bond acceptors (Lipinski definition) is 3. The van der Waals surface area contributed by atoms with Crippen molar-refractivity contribution in [3.8, 4) is 0 Å². The molecule has 0 radical (unpaired) electrons. The van der Waals surface area contributed by atoms with E-state index in [4.69, 9.17) is 0 Å². The summed E-state index contributed by atoms with van der Waals surface area (Å²) in [5.41, 5.74) is 4.51. The van der Waals surface area contributed by atoms with Crippen molar-refractivity contribution in [1.82, 2.24) is 10.6 Å². The SMILES string of the molecule is O=CCCCC1CCNCC1c1ccc2c(c1)CNCCC2. The Morgan fingerprint density at radius 1 is 1.18 bits per heavy atom. The second kappa shape index (κ2) is 7.89. The van der Waals surface area contributed by atoms with Gasteiger partial charge in [-0.3, -0.25) is 0 Å². The van der Waals surface area contributed by atoms with E-state index in [1.807, 2.05) is 0 Å². The van der Waals surface area contributed by atoms with Gasteiger partial charge in [0, 0.05) is 19.5 Å². The van der Waals surface area contributed by atoms with Gasteiger partial charge in [0.15, 0.2) is 0 Å². The Hall–Kier alpha value is -1.19. The highest BCUT2D eigenvalue weighted by Gasteiger charge is 2.26. The van der Waals surface area contributed by atoms with Crippen LogP contribution in [0.2, 0.25) is 0 Å². The van der Waals surface area contributed by atoms with Crippen LogP contribution in [0.5, 0.6) is 0 Å². The molecule has 3 rings (SSSR count). The van der Waals surface area contributed by atoms with Crippen LogP contribution in [0.1, 0.15) is 54.7 Å². The van der Waals surface area contributed by atoms with Crippen molar-refractivity contribution >= 4 is 6.29 Å². The topological polar surface area (TPSA) is 41.1 Å². The molecule has 0 aromatic heterocycles. The lowest BCUT2D eigenvalue weighted by atomic mass is 9.78. The lowest BCUT2D eigenvalue weighted by Crippen LogP contribution is -2.35. The van der Waals surface area contributed by atoms with Crippen molar-refractivity contribution in [2.45, 2.75) is 51.0 Å². The van der Waals surface area contributed by atoms with Crippen LogP contribution in [0.3, 0.4) is 0 Å². The number of unbranched alkanes of at least 4 members (excludes halogenated alkanes) is 1. The minimum absolute atomic E-state index is 0.606. The Balaban J connectivity index is 1.75. The number of carbonyl (C=O) groups is 1. The maximum Gasteiger partial charge on any atom is 0.119 e. The van der Waals surface area contributed by atoms with Crippen LogP contribution in [0.25, 0.3) is 0 Å². The number of piperidine rings is 1. The van der Waals surface area contributed by atoms with Crippen LogP contribution in [-0.4, -0.2) is 25.9 Å². The first-order valence-corrected chi connectivity index (χ1v) is 8.85. The molecule has 0 amide bonds. The molecule has 120 valence electrons. The molecule has 22 heavy (non-hydrogen) atoms. The first-order chi connectivity index (χ1) is 10.9. The van der Waals surface area contributed by atoms with E-state index in [-0.39, 0.29) is 0 Å². The van der Waals surface area contributed by atoms with Gasteiger partial charge in [0.1, 0.15) is 6.29 Å². The first kappa shape index (κ1) is 15.7. The van der Waals surface area contributed by atoms with E-state index in [1.165, 1.54) is 42.4 Å². The lowest BCUT2D eigenvalue weighted by molar-refractivity contribution is -0.108. The molecule has 2 unspecified atom stereocenters. The highest BCUT2D eigenvalue weighted by Crippen LogP contribution is 2.34. The van der Waals surface area contributed by atoms with Crippen molar-refractivity contribution in [1.29, 1.82) is 0 Å². The summed E-state index contributed by atoms with van der Waals surface area (Å²) < 4.78 is 0. The maximum absolute atomic E-state index is 10.6. The quantitative estimate of drug-likeness (QED) is 0.649. The van der Waals surface area contributed by atoms with Gasteiger partial charge in [-0.05, 0) is 73.7 Å². The molecule has 2 aliphatic rings. The Bertz CT molecular complexity index is 500. The van der Waals surface area contributed by atoms with Gasteiger partial charge in [0.25, 0.3) is 0 Å². The van der Waals surface area contributed by atoms with Crippen LogP contribution in [0.15, 0.2) is 18.2 Å². The maximum atomic E-state index is 10.6. The molecule has 1 fully saturated rings. The molecule has 2 atom stereocenters. The molecule has 2 heterocycles. The van der Waals surface area contributed by atoms with Crippen LogP contribution >= 0.6 is 0 Å². The predicted octanol–water partition coefficient (Wildman–Crippen LogP) is 2.78. The molecule has 0 aliphatic carbocycles. The third-order valence-electron chi connectivity index (χ3n) is 5.30. The van der Waals surface area contributed by atoms with E-state index >= 15 is 0 Å².